The quantitative estimate of drug-likeness (QED) is 0.781. The first kappa shape index (κ1) is 11.6. The van der Waals surface area contributed by atoms with Gasteiger partial charge in [-0.05, 0) is 25.1 Å². The average Bonchev–Trinajstić information content (AvgIpc) is 2.29. The third-order valence-corrected chi connectivity index (χ3v) is 3.12. The first-order chi connectivity index (χ1) is 7.66. The summed E-state index contributed by atoms with van der Waals surface area (Å²) in [5.41, 5.74) is 1.83. The molecule has 1 aliphatic heterocycles. The molecule has 3 nitrogen and oxygen atoms in total. The van der Waals surface area contributed by atoms with Crippen LogP contribution in [0.2, 0.25) is 0 Å². The van der Waals surface area contributed by atoms with Crippen molar-refractivity contribution >= 4 is 27.4 Å². The van der Waals surface area contributed by atoms with Crippen LogP contribution in [0, 0.1) is 0 Å². The Hall–Kier alpha value is -0.870. The summed E-state index contributed by atoms with van der Waals surface area (Å²) < 4.78 is 6.25. The third kappa shape index (κ3) is 2.62. The van der Waals surface area contributed by atoms with Crippen molar-refractivity contribution in [3.05, 3.63) is 28.2 Å². The first-order valence-corrected chi connectivity index (χ1v) is 6.10. The lowest BCUT2D eigenvalue weighted by molar-refractivity contribution is 0.101. The molecule has 86 valence electrons. The Morgan fingerprint density at radius 1 is 1.31 bits per heavy atom. The van der Waals surface area contributed by atoms with Gasteiger partial charge in [0, 0.05) is 28.8 Å². The van der Waals surface area contributed by atoms with Crippen LogP contribution in [0.5, 0.6) is 0 Å². The topological polar surface area (TPSA) is 29.5 Å². The van der Waals surface area contributed by atoms with E-state index in [1.807, 2.05) is 18.2 Å². The predicted octanol–water partition coefficient (Wildman–Crippen LogP) is 2.49. The van der Waals surface area contributed by atoms with Crippen LogP contribution in [-0.4, -0.2) is 32.1 Å². The predicted molar refractivity (Wildman–Crippen MR) is 67.2 cm³/mol. The lowest BCUT2D eigenvalue weighted by atomic mass is 10.1. The van der Waals surface area contributed by atoms with Crippen LogP contribution in [0.3, 0.4) is 0 Å². The Labute approximate surface area is 104 Å². The number of ketones is 1. The molecule has 0 unspecified atom stereocenters. The van der Waals surface area contributed by atoms with Gasteiger partial charge in [0.15, 0.2) is 5.78 Å². The second-order valence-electron chi connectivity index (χ2n) is 3.85. The van der Waals surface area contributed by atoms with E-state index in [9.17, 15) is 4.79 Å². The highest BCUT2D eigenvalue weighted by molar-refractivity contribution is 9.10. The molecule has 0 atom stereocenters. The molecule has 0 aliphatic carbocycles. The smallest absolute Gasteiger partial charge is 0.159 e. The Morgan fingerprint density at radius 3 is 2.62 bits per heavy atom. The normalized spacial score (nSPS) is 16.2. The Balaban J connectivity index is 2.28. The molecular formula is C12H14BrNO2. The summed E-state index contributed by atoms with van der Waals surface area (Å²) >= 11 is 3.44. The molecular weight excluding hydrogens is 270 g/mol. The number of hydrogen-bond donors (Lipinski definition) is 0. The zero-order chi connectivity index (χ0) is 11.5. The van der Waals surface area contributed by atoms with Crippen LogP contribution in [0.1, 0.15) is 17.3 Å². The SMILES string of the molecule is CC(=O)c1cc(Br)cc(N2CCOCC2)c1. The van der Waals surface area contributed by atoms with Crippen molar-refractivity contribution in [3.63, 3.8) is 0 Å². The van der Waals surface area contributed by atoms with Crippen LogP contribution in [0.15, 0.2) is 22.7 Å². The molecule has 1 heterocycles. The maximum Gasteiger partial charge on any atom is 0.159 e. The van der Waals surface area contributed by atoms with Crippen LogP contribution in [-0.2, 0) is 4.74 Å². The highest BCUT2D eigenvalue weighted by Gasteiger charge is 2.13. The summed E-state index contributed by atoms with van der Waals surface area (Å²) in [6, 6.07) is 5.84. The van der Waals surface area contributed by atoms with E-state index >= 15 is 0 Å². The molecule has 0 N–H and O–H groups in total. The number of morpholine rings is 1. The van der Waals surface area contributed by atoms with Gasteiger partial charge in [-0.2, -0.15) is 0 Å². The highest BCUT2D eigenvalue weighted by atomic mass is 79.9. The molecule has 16 heavy (non-hydrogen) atoms. The fourth-order valence-corrected chi connectivity index (χ4v) is 2.26. The van der Waals surface area contributed by atoms with Crippen molar-refractivity contribution in [1.29, 1.82) is 0 Å². The molecule has 0 spiro atoms. The Kier molecular flexibility index (Phi) is 3.61. The second-order valence-corrected chi connectivity index (χ2v) is 4.77. The third-order valence-electron chi connectivity index (χ3n) is 2.67. The molecule has 0 bridgehead atoms. The van der Waals surface area contributed by atoms with Crippen molar-refractivity contribution < 1.29 is 9.53 Å². The monoisotopic (exact) mass is 283 g/mol. The van der Waals surface area contributed by atoms with Crippen LogP contribution in [0.25, 0.3) is 0 Å². The van der Waals surface area contributed by atoms with Gasteiger partial charge in [0.25, 0.3) is 0 Å². The molecule has 0 aromatic heterocycles. The average molecular weight is 284 g/mol. The lowest BCUT2D eigenvalue weighted by Crippen LogP contribution is -2.36. The molecule has 1 aliphatic rings. The van der Waals surface area contributed by atoms with Gasteiger partial charge >= 0.3 is 0 Å². The van der Waals surface area contributed by atoms with E-state index in [1.165, 1.54) is 0 Å². The summed E-state index contributed by atoms with van der Waals surface area (Å²) in [5, 5.41) is 0. The summed E-state index contributed by atoms with van der Waals surface area (Å²) in [4.78, 5) is 13.6. The van der Waals surface area contributed by atoms with Crippen molar-refractivity contribution in [2.75, 3.05) is 31.2 Å². The summed E-state index contributed by atoms with van der Waals surface area (Å²) in [7, 11) is 0. The van der Waals surface area contributed by atoms with Crippen molar-refractivity contribution in [3.8, 4) is 0 Å². The molecule has 0 saturated carbocycles. The summed E-state index contributed by atoms with van der Waals surface area (Å²) in [5.74, 6) is 0.0933. The van der Waals surface area contributed by atoms with E-state index < -0.39 is 0 Å². The molecule has 4 heteroatoms. The van der Waals surface area contributed by atoms with Crippen molar-refractivity contribution in [2.45, 2.75) is 6.92 Å². The zero-order valence-electron chi connectivity index (χ0n) is 9.20. The van der Waals surface area contributed by atoms with E-state index in [-0.39, 0.29) is 5.78 Å². The van der Waals surface area contributed by atoms with Gasteiger partial charge in [0.05, 0.1) is 13.2 Å². The minimum absolute atomic E-state index is 0.0933. The van der Waals surface area contributed by atoms with Gasteiger partial charge in [-0.25, -0.2) is 0 Å². The number of rotatable bonds is 2. The van der Waals surface area contributed by atoms with Gasteiger partial charge < -0.3 is 9.64 Å². The number of benzene rings is 1. The van der Waals surface area contributed by atoms with E-state index in [2.05, 4.69) is 20.8 Å². The van der Waals surface area contributed by atoms with Crippen LogP contribution in [0.4, 0.5) is 5.69 Å². The van der Waals surface area contributed by atoms with Gasteiger partial charge in [0.2, 0.25) is 0 Å². The zero-order valence-corrected chi connectivity index (χ0v) is 10.8. The Morgan fingerprint density at radius 2 is 2.00 bits per heavy atom. The minimum Gasteiger partial charge on any atom is -0.378 e. The summed E-state index contributed by atoms with van der Waals surface area (Å²) in [6.45, 7) is 4.86. The molecule has 1 fully saturated rings. The fraction of sp³-hybridized carbons (Fsp3) is 0.417. The number of nitrogens with zero attached hydrogens (tertiary/aromatic N) is 1. The van der Waals surface area contributed by atoms with E-state index in [4.69, 9.17) is 4.74 Å². The van der Waals surface area contributed by atoms with Crippen LogP contribution >= 0.6 is 15.9 Å². The maximum absolute atomic E-state index is 11.4. The molecule has 1 aromatic carbocycles. The molecule has 0 amide bonds. The number of carbonyl (C=O) groups is 1. The molecule has 1 saturated heterocycles. The maximum atomic E-state index is 11.4. The molecule has 2 rings (SSSR count). The fourth-order valence-electron chi connectivity index (χ4n) is 1.78. The van der Waals surface area contributed by atoms with Crippen molar-refractivity contribution in [2.24, 2.45) is 0 Å². The van der Waals surface area contributed by atoms with Crippen molar-refractivity contribution in [1.82, 2.24) is 0 Å². The second kappa shape index (κ2) is 4.97. The largest absolute Gasteiger partial charge is 0.378 e. The minimum atomic E-state index is 0.0933. The lowest BCUT2D eigenvalue weighted by Gasteiger charge is -2.29. The summed E-state index contributed by atoms with van der Waals surface area (Å²) in [6.07, 6.45) is 0. The van der Waals surface area contributed by atoms with Crippen LogP contribution < -0.4 is 4.90 Å². The van der Waals surface area contributed by atoms with Gasteiger partial charge in [-0.3, -0.25) is 4.79 Å². The first-order valence-electron chi connectivity index (χ1n) is 5.31. The van der Waals surface area contributed by atoms with Gasteiger partial charge in [-0.15, -0.1) is 0 Å². The van der Waals surface area contributed by atoms with E-state index in [0.717, 1.165) is 42.0 Å². The number of halogens is 1. The molecule has 1 aromatic rings. The Bertz CT molecular complexity index is 400. The highest BCUT2D eigenvalue weighted by Crippen LogP contribution is 2.24. The van der Waals surface area contributed by atoms with Gasteiger partial charge in [0.1, 0.15) is 0 Å². The number of ether oxygens (including phenoxy) is 1. The van der Waals surface area contributed by atoms with E-state index in [0.29, 0.717) is 0 Å². The number of hydrogen-bond acceptors (Lipinski definition) is 3. The van der Waals surface area contributed by atoms with Gasteiger partial charge in [-0.1, -0.05) is 15.9 Å². The number of anilines is 1. The number of carbonyl (C=O) groups excluding carboxylic acids is 1. The molecule has 0 radical (unpaired) electrons. The standard InChI is InChI=1S/C12H14BrNO2/c1-9(15)10-6-11(13)8-12(7-10)14-2-4-16-5-3-14/h6-8H,2-5H2,1H3. The number of Topliss-reactive ketones (excluding diaryl/α,β-unsaturated/α-hetero) is 1. The van der Waals surface area contributed by atoms with E-state index in [1.54, 1.807) is 6.92 Å².